The summed E-state index contributed by atoms with van der Waals surface area (Å²) in [5, 5.41) is 6.63. The van der Waals surface area contributed by atoms with Crippen LogP contribution >= 0.6 is 35.0 Å². The van der Waals surface area contributed by atoms with Gasteiger partial charge in [-0.05, 0) is 61.2 Å². The number of hydrogen-bond acceptors (Lipinski definition) is 8. The number of carbonyl (C=O) groups is 1. The summed E-state index contributed by atoms with van der Waals surface area (Å²) in [5.74, 6) is 0.874. The van der Waals surface area contributed by atoms with Crippen LogP contribution in [0.5, 0.6) is 0 Å². The summed E-state index contributed by atoms with van der Waals surface area (Å²) in [5.41, 5.74) is 0.743. The molecule has 26 heavy (non-hydrogen) atoms. The van der Waals surface area contributed by atoms with Gasteiger partial charge in [-0.2, -0.15) is 26.7 Å². The molecule has 0 spiro atoms. The lowest BCUT2D eigenvalue weighted by molar-refractivity contribution is -0.144. The third-order valence-corrected chi connectivity index (χ3v) is 4.26. The Morgan fingerprint density at radius 1 is 1.19 bits per heavy atom. The van der Waals surface area contributed by atoms with E-state index in [4.69, 9.17) is 27.9 Å². The zero-order valence-corrected chi connectivity index (χ0v) is 16.7. The molecule has 0 bridgehead atoms. The van der Waals surface area contributed by atoms with Gasteiger partial charge in [0.1, 0.15) is 6.04 Å². The third kappa shape index (κ3) is 6.51. The van der Waals surface area contributed by atoms with Crippen molar-refractivity contribution in [3.05, 3.63) is 34.6 Å². The molecule has 1 atom stereocenters. The third-order valence-electron chi connectivity index (χ3n) is 3.19. The van der Waals surface area contributed by atoms with Crippen molar-refractivity contribution in [1.82, 2.24) is 15.0 Å². The van der Waals surface area contributed by atoms with E-state index in [-0.39, 0.29) is 23.1 Å². The summed E-state index contributed by atoms with van der Waals surface area (Å²) >= 11 is 13.5. The average molecular weight is 416 g/mol. The molecular weight excluding hydrogens is 397 g/mol. The van der Waals surface area contributed by atoms with E-state index in [9.17, 15) is 4.79 Å². The van der Waals surface area contributed by atoms with Crippen LogP contribution in [0.15, 0.2) is 24.3 Å². The number of thioether (sulfide) groups is 1. The van der Waals surface area contributed by atoms with E-state index in [2.05, 4.69) is 25.6 Å². The van der Waals surface area contributed by atoms with Gasteiger partial charge in [0.2, 0.25) is 17.2 Å². The molecule has 0 aliphatic heterocycles. The van der Waals surface area contributed by atoms with Crippen LogP contribution in [-0.2, 0) is 9.53 Å². The Bertz CT molecular complexity index is 733. The van der Waals surface area contributed by atoms with Crippen molar-refractivity contribution in [3.8, 4) is 0 Å². The largest absolute Gasteiger partial charge is 0.464 e. The highest BCUT2D eigenvalue weighted by molar-refractivity contribution is 7.98. The molecule has 0 radical (unpaired) electrons. The van der Waals surface area contributed by atoms with Crippen molar-refractivity contribution >= 4 is 58.5 Å². The van der Waals surface area contributed by atoms with Gasteiger partial charge in [0, 0.05) is 10.7 Å². The second kappa shape index (κ2) is 10.4. The van der Waals surface area contributed by atoms with Gasteiger partial charge in [0.05, 0.1) is 6.61 Å². The van der Waals surface area contributed by atoms with Gasteiger partial charge in [0.15, 0.2) is 0 Å². The minimum Gasteiger partial charge on any atom is -0.464 e. The summed E-state index contributed by atoms with van der Waals surface area (Å²) < 4.78 is 5.10. The predicted octanol–water partition coefficient (Wildman–Crippen LogP) is 4.02. The Morgan fingerprint density at radius 2 is 1.88 bits per heavy atom. The summed E-state index contributed by atoms with van der Waals surface area (Å²) in [6.07, 6.45) is 2.54. The van der Waals surface area contributed by atoms with Crippen molar-refractivity contribution in [2.24, 2.45) is 0 Å². The number of rotatable bonds is 9. The summed E-state index contributed by atoms with van der Waals surface area (Å²) in [7, 11) is 0. The van der Waals surface area contributed by atoms with Gasteiger partial charge in [-0.3, -0.25) is 0 Å². The molecule has 0 amide bonds. The van der Waals surface area contributed by atoms with E-state index in [1.165, 1.54) is 0 Å². The first-order valence-corrected chi connectivity index (χ1v) is 10.0. The molecular formula is C16H19Cl2N5O2S. The summed E-state index contributed by atoms with van der Waals surface area (Å²) in [4.78, 5) is 24.5. The van der Waals surface area contributed by atoms with E-state index in [0.717, 1.165) is 11.4 Å². The SMILES string of the molecule is CCOC(=O)[C@H](CCSC)Nc1nc(Cl)nc(Nc2ccc(Cl)cc2)n1. The fraction of sp³-hybridized carbons (Fsp3) is 0.375. The highest BCUT2D eigenvalue weighted by Gasteiger charge is 2.21. The monoisotopic (exact) mass is 415 g/mol. The second-order valence-corrected chi connectivity index (χ2v) is 6.87. The van der Waals surface area contributed by atoms with Gasteiger partial charge in [-0.15, -0.1) is 0 Å². The highest BCUT2D eigenvalue weighted by Crippen LogP contribution is 2.19. The smallest absolute Gasteiger partial charge is 0.328 e. The minimum atomic E-state index is -0.566. The molecule has 1 heterocycles. The molecule has 140 valence electrons. The first-order chi connectivity index (χ1) is 12.5. The fourth-order valence-electron chi connectivity index (χ4n) is 2.02. The fourth-order valence-corrected chi connectivity index (χ4v) is 2.77. The van der Waals surface area contributed by atoms with Crippen LogP contribution in [0.1, 0.15) is 13.3 Å². The van der Waals surface area contributed by atoms with Crippen molar-refractivity contribution in [2.75, 3.05) is 29.2 Å². The number of nitrogens with zero attached hydrogens (tertiary/aromatic N) is 3. The van der Waals surface area contributed by atoms with Crippen LogP contribution in [-0.4, -0.2) is 45.6 Å². The molecule has 2 rings (SSSR count). The Morgan fingerprint density at radius 3 is 2.54 bits per heavy atom. The van der Waals surface area contributed by atoms with E-state index in [1.807, 2.05) is 6.26 Å². The average Bonchev–Trinajstić information content (AvgIpc) is 2.60. The number of aromatic nitrogens is 3. The van der Waals surface area contributed by atoms with Gasteiger partial charge < -0.3 is 15.4 Å². The Hall–Kier alpha value is -1.77. The zero-order chi connectivity index (χ0) is 18.9. The number of hydrogen-bond donors (Lipinski definition) is 2. The van der Waals surface area contributed by atoms with Gasteiger partial charge in [0.25, 0.3) is 0 Å². The normalized spacial score (nSPS) is 11.7. The van der Waals surface area contributed by atoms with Crippen molar-refractivity contribution < 1.29 is 9.53 Å². The van der Waals surface area contributed by atoms with Crippen molar-refractivity contribution in [3.63, 3.8) is 0 Å². The van der Waals surface area contributed by atoms with Crippen molar-refractivity contribution in [2.45, 2.75) is 19.4 Å². The van der Waals surface area contributed by atoms with Crippen LogP contribution in [0.4, 0.5) is 17.6 Å². The molecule has 0 saturated carbocycles. The van der Waals surface area contributed by atoms with Gasteiger partial charge >= 0.3 is 5.97 Å². The lowest BCUT2D eigenvalue weighted by Gasteiger charge is -2.17. The van der Waals surface area contributed by atoms with Crippen LogP contribution in [0.2, 0.25) is 10.3 Å². The number of benzene rings is 1. The topological polar surface area (TPSA) is 89.0 Å². The minimum absolute atomic E-state index is 0.00596. The van der Waals surface area contributed by atoms with Crippen LogP contribution in [0.25, 0.3) is 0 Å². The zero-order valence-electron chi connectivity index (χ0n) is 14.3. The van der Waals surface area contributed by atoms with Gasteiger partial charge in [-0.1, -0.05) is 11.6 Å². The molecule has 0 fully saturated rings. The maximum absolute atomic E-state index is 12.1. The second-order valence-electron chi connectivity index (χ2n) is 5.11. The molecule has 0 unspecified atom stereocenters. The maximum Gasteiger partial charge on any atom is 0.328 e. The van der Waals surface area contributed by atoms with Crippen LogP contribution in [0, 0.1) is 0 Å². The molecule has 1 aromatic heterocycles. The van der Waals surface area contributed by atoms with E-state index in [0.29, 0.717) is 18.1 Å². The van der Waals surface area contributed by atoms with Crippen LogP contribution < -0.4 is 10.6 Å². The number of anilines is 3. The van der Waals surface area contributed by atoms with E-state index >= 15 is 0 Å². The summed E-state index contributed by atoms with van der Waals surface area (Å²) in [6, 6.07) is 6.49. The van der Waals surface area contributed by atoms with Crippen LogP contribution in [0.3, 0.4) is 0 Å². The number of esters is 1. The summed E-state index contributed by atoms with van der Waals surface area (Å²) in [6.45, 7) is 2.06. The first-order valence-electron chi connectivity index (χ1n) is 7.88. The molecule has 2 N–H and O–H groups in total. The Labute approximate surface area is 166 Å². The quantitative estimate of drug-likeness (QED) is 0.593. The van der Waals surface area contributed by atoms with Gasteiger partial charge in [-0.25, -0.2) is 4.79 Å². The number of carbonyl (C=O) groups excluding carboxylic acids is 1. The van der Waals surface area contributed by atoms with E-state index in [1.54, 1.807) is 43.0 Å². The Kier molecular flexibility index (Phi) is 8.21. The highest BCUT2D eigenvalue weighted by atomic mass is 35.5. The standard InChI is InChI=1S/C16H19Cl2N5O2S/c1-3-25-13(24)12(8-9-26-2)20-16-22-14(18)21-15(23-16)19-11-6-4-10(17)5-7-11/h4-7,12H,3,8-9H2,1-2H3,(H2,19,20,21,22,23)/t12-/m0/s1. The lowest BCUT2D eigenvalue weighted by Crippen LogP contribution is -2.33. The molecule has 2 aromatic rings. The number of halogens is 2. The number of ether oxygens (including phenoxy) is 1. The molecule has 0 saturated heterocycles. The Balaban J connectivity index is 2.15. The maximum atomic E-state index is 12.1. The molecule has 0 aliphatic rings. The lowest BCUT2D eigenvalue weighted by atomic mass is 10.2. The number of nitrogens with one attached hydrogen (secondary N) is 2. The molecule has 7 nitrogen and oxygen atoms in total. The molecule has 1 aromatic carbocycles. The van der Waals surface area contributed by atoms with E-state index < -0.39 is 6.04 Å². The predicted molar refractivity (Wildman–Crippen MR) is 107 cm³/mol. The van der Waals surface area contributed by atoms with Crippen molar-refractivity contribution in [1.29, 1.82) is 0 Å². The molecule has 10 heteroatoms. The first kappa shape index (κ1) is 20.5. The molecule has 0 aliphatic carbocycles.